The first-order valence-electron chi connectivity index (χ1n) is 8.40. The van der Waals surface area contributed by atoms with E-state index in [1.807, 2.05) is 25.1 Å². The van der Waals surface area contributed by atoms with E-state index in [1.54, 1.807) is 12.1 Å². The molecule has 140 valence electrons. The van der Waals surface area contributed by atoms with Gasteiger partial charge in [0.25, 0.3) is 0 Å². The number of piperazine rings is 1. The summed E-state index contributed by atoms with van der Waals surface area (Å²) in [4.78, 5) is 2.30. The first-order valence-corrected chi connectivity index (χ1v) is 8.78. The molecule has 1 saturated heterocycles. The number of nitrogens with one attached hydrogen (secondary N) is 1. The monoisotopic (exact) mass is 384 g/mol. The van der Waals surface area contributed by atoms with Crippen molar-refractivity contribution in [1.29, 1.82) is 0 Å². The van der Waals surface area contributed by atoms with Crippen molar-refractivity contribution in [3.8, 4) is 5.75 Å². The van der Waals surface area contributed by atoms with Gasteiger partial charge in [0, 0.05) is 31.2 Å². The topological polar surface area (TPSA) is 24.5 Å². The van der Waals surface area contributed by atoms with Gasteiger partial charge in [-0.25, -0.2) is 0 Å². The van der Waals surface area contributed by atoms with Crippen molar-refractivity contribution < 1.29 is 17.9 Å². The molecule has 0 bridgehead atoms. The van der Waals surface area contributed by atoms with Crippen molar-refractivity contribution in [2.24, 2.45) is 0 Å². The van der Waals surface area contributed by atoms with Crippen LogP contribution in [0.25, 0.3) is 0 Å². The molecule has 0 saturated carbocycles. The van der Waals surface area contributed by atoms with Crippen LogP contribution in [0.4, 0.5) is 13.2 Å². The molecule has 0 unspecified atom stereocenters. The lowest BCUT2D eigenvalue weighted by Crippen LogP contribution is -2.45. The zero-order valence-corrected chi connectivity index (χ0v) is 15.1. The van der Waals surface area contributed by atoms with Gasteiger partial charge >= 0.3 is 6.36 Å². The molecule has 1 fully saturated rings. The van der Waals surface area contributed by atoms with Gasteiger partial charge in [0.2, 0.25) is 0 Å². The quantitative estimate of drug-likeness (QED) is 0.837. The third-order valence-corrected chi connectivity index (χ3v) is 4.86. The van der Waals surface area contributed by atoms with Crippen LogP contribution in [0.2, 0.25) is 5.02 Å². The van der Waals surface area contributed by atoms with E-state index in [1.165, 1.54) is 12.1 Å². The van der Waals surface area contributed by atoms with Crippen molar-refractivity contribution in [2.45, 2.75) is 19.3 Å². The van der Waals surface area contributed by atoms with E-state index < -0.39 is 6.36 Å². The molecule has 2 aromatic carbocycles. The molecule has 1 aliphatic rings. The number of ether oxygens (including phenoxy) is 1. The summed E-state index contributed by atoms with van der Waals surface area (Å²) >= 11 is 6.31. The molecule has 1 heterocycles. The van der Waals surface area contributed by atoms with E-state index in [4.69, 9.17) is 11.6 Å². The van der Waals surface area contributed by atoms with Crippen molar-refractivity contribution in [3.05, 3.63) is 64.2 Å². The molecule has 1 N–H and O–H groups in total. The average molecular weight is 385 g/mol. The second-order valence-corrected chi connectivity index (χ2v) is 6.72. The van der Waals surface area contributed by atoms with E-state index in [0.717, 1.165) is 42.9 Å². The molecule has 0 aromatic heterocycles. The van der Waals surface area contributed by atoms with E-state index in [2.05, 4.69) is 15.0 Å². The lowest BCUT2D eigenvalue weighted by molar-refractivity contribution is -0.274. The Morgan fingerprint density at radius 2 is 1.65 bits per heavy atom. The number of benzene rings is 2. The molecule has 2 aromatic rings. The van der Waals surface area contributed by atoms with Crippen molar-refractivity contribution in [1.82, 2.24) is 10.2 Å². The fourth-order valence-corrected chi connectivity index (χ4v) is 3.37. The summed E-state index contributed by atoms with van der Waals surface area (Å²) in [5.74, 6) is -0.220. The summed E-state index contributed by atoms with van der Waals surface area (Å²) in [6, 6.07) is 11.9. The van der Waals surface area contributed by atoms with Crippen LogP contribution < -0.4 is 10.1 Å². The molecule has 7 heteroatoms. The molecule has 3 nitrogen and oxygen atoms in total. The van der Waals surface area contributed by atoms with E-state index in [-0.39, 0.29) is 11.8 Å². The molecule has 0 aliphatic carbocycles. The second-order valence-electron chi connectivity index (χ2n) is 6.31. The van der Waals surface area contributed by atoms with Crippen LogP contribution in [0.1, 0.15) is 22.7 Å². The molecule has 0 spiro atoms. The normalized spacial score (nSPS) is 17.1. The predicted molar refractivity (Wildman–Crippen MR) is 95.6 cm³/mol. The Balaban J connectivity index is 1.93. The number of hydrogen-bond acceptors (Lipinski definition) is 3. The minimum atomic E-state index is -4.69. The van der Waals surface area contributed by atoms with Gasteiger partial charge in [-0.3, -0.25) is 4.90 Å². The molecular weight excluding hydrogens is 365 g/mol. The Bertz CT molecular complexity index is 743. The molecule has 1 aliphatic heterocycles. The van der Waals surface area contributed by atoms with Gasteiger partial charge in [0.15, 0.2) is 0 Å². The van der Waals surface area contributed by atoms with Crippen LogP contribution in [0.3, 0.4) is 0 Å². The van der Waals surface area contributed by atoms with Gasteiger partial charge in [-0.15, -0.1) is 13.2 Å². The zero-order valence-electron chi connectivity index (χ0n) is 14.3. The van der Waals surface area contributed by atoms with Crippen LogP contribution in [0.15, 0.2) is 42.5 Å². The number of rotatable bonds is 4. The highest BCUT2D eigenvalue weighted by Gasteiger charge is 2.31. The minimum Gasteiger partial charge on any atom is -0.406 e. The van der Waals surface area contributed by atoms with Crippen LogP contribution in [0.5, 0.6) is 5.75 Å². The van der Waals surface area contributed by atoms with Gasteiger partial charge in [-0.2, -0.15) is 0 Å². The third-order valence-electron chi connectivity index (χ3n) is 4.46. The number of alkyl halides is 3. The Morgan fingerprint density at radius 3 is 2.23 bits per heavy atom. The number of nitrogens with zero attached hydrogens (tertiary/aromatic N) is 1. The van der Waals surface area contributed by atoms with Crippen molar-refractivity contribution in [2.75, 3.05) is 26.2 Å². The molecule has 1 atom stereocenters. The lowest BCUT2D eigenvalue weighted by atomic mass is 9.95. The van der Waals surface area contributed by atoms with Crippen molar-refractivity contribution >= 4 is 11.6 Å². The third kappa shape index (κ3) is 4.69. The maximum absolute atomic E-state index is 12.4. The summed E-state index contributed by atoms with van der Waals surface area (Å²) in [6.07, 6.45) is -4.69. The SMILES string of the molecule is Cc1ccc([C@@H](c2ccc(OC(F)(F)F)cc2)N2CCNCC2)cc1Cl. The minimum absolute atomic E-state index is 0.0739. The van der Waals surface area contributed by atoms with Crippen molar-refractivity contribution in [3.63, 3.8) is 0 Å². The number of halogens is 4. The Morgan fingerprint density at radius 1 is 1.04 bits per heavy atom. The van der Waals surface area contributed by atoms with Gasteiger partial charge in [-0.1, -0.05) is 35.9 Å². The largest absolute Gasteiger partial charge is 0.573 e. The van der Waals surface area contributed by atoms with Crippen LogP contribution >= 0.6 is 11.6 Å². The Kier molecular flexibility index (Phi) is 5.75. The highest BCUT2D eigenvalue weighted by atomic mass is 35.5. The summed E-state index contributed by atoms with van der Waals surface area (Å²) in [5.41, 5.74) is 2.91. The maximum atomic E-state index is 12.4. The molecular formula is C19H20ClF3N2O. The summed E-state index contributed by atoms with van der Waals surface area (Å²) < 4.78 is 41.1. The first kappa shape index (κ1) is 19.0. The summed E-state index contributed by atoms with van der Waals surface area (Å²) in [6.45, 7) is 5.36. The Hall–Kier alpha value is -1.76. The van der Waals surface area contributed by atoms with E-state index in [0.29, 0.717) is 5.02 Å². The zero-order chi connectivity index (χ0) is 18.7. The fourth-order valence-electron chi connectivity index (χ4n) is 3.19. The van der Waals surface area contributed by atoms with Gasteiger partial charge in [0.05, 0.1) is 6.04 Å². The molecule has 0 amide bonds. The van der Waals surface area contributed by atoms with Crippen LogP contribution in [-0.2, 0) is 0 Å². The predicted octanol–water partition coefficient (Wildman–Crippen LogP) is 4.54. The number of hydrogen-bond donors (Lipinski definition) is 1. The highest BCUT2D eigenvalue weighted by Crippen LogP contribution is 2.33. The fraction of sp³-hybridized carbons (Fsp3) is 0.368. The average Bonchev–Trinajstić information content (AvgIpc) is 2.59. The Labute approximate surface area is 155 Å². The second kappa shape index (κ2) is 7.86. The van der Waals surface area contributed by atoms with Crippen LogP contribution in [0, 0.1) is 6.92 Å². The maximum Gasteiger partial charge on any atom is 0.573 e. The summed E-state index contributed by atoms with van der Waals surface area (Å²) in [5, 5.41) is 4.00. The lowest BCUT2D eigenvalue weighted by Gasteiger charge is -2.35. The molecule has 0 radical (unpaired) electrons. The standard InChI is InChI=1S/C19H20ClF3N2O/c1-13-2-3-15(12-17(13)20)18(25-10-8-24-9-11-25)14-4-6-16(7-5-14)26-19(21,22)23/h2-7,12,18,24H,8-11H2,1H3/t18-/m1/s1. The van der Waals surface area contributed by atoms with Gasteiger partial charge < -0.3 is 10.1 Å². The smallest absolute Gasteiger partial charge is 0.406 e. The highest BCUT2D eigenvalue weighted by molar-refractivity contribution is 6.31. The van der Waals surface area contributed by atoms with E-state index in [9.17, 15) is 13.2 Å². The van der Waals surface area contributed by atoms with Gasteiger partial charge in [0.1, 0.15) is 5.75 Å². The first-order chi connectivity index (χ1) is 12.3. The van der Waals surface area contributed by atoms with Gasteiger partial charge in [-0.05, 0) is 41.8 Å². The molecule has 3 rings (SSSR count). The van der Waals surface area contributed by atoms with Crippen LogP contribution in [-0.4, -0.2) is 37.4 Å². The number of aryl methyl sites for hydroxylation is 1. The molecule has 26 heavy (non-hydrogen) atoms. The summed E-state index contributed by atoms with van der Waals surface area (Å²) in [7, 11) is 0. The van der Waals surface area contributed by atoms with E-state index >= 15 is 0 Å².